The normalized spacial score (nSPS) is 10.4. The smallest absolute Gasteiger partial charge is 0.329 e. The highest BCUT2D eigenvalue weighted by molar-refractivity contribution is 6.35. The molecule has 0 bridgehead atoms. The number of amides is 2. The third-order valence-electron chi connectivity index (χ3n) is 3.06. The zero-order valence-electron chi connectivity index (χ0n) is 12.8. The van der Waals surface area contributed by atoms with Crippen LogP contribution in [0.1, 0.15) is 11.1 Å². The molecular formula is C16H13ClN4O4. The minimum Gasteiger partial charge on any atom is -0.344 e. The number of hydrazone groups is 1. The summed E-state index contributed by atoms with van der Waals surface area (Å²) in [6, 6.07) is 12.4. The summed E-state index contributed by atoms with van der Waals surface area (Å²) < 4.78 is 0. The molecule has 0 aliphatic heterocycles. The van der Waals surface area contributed by atoms with Gasteiger partial charge in [-0.3, -0.25) is 19.7 Å². The van der Waals surface area contributed by atoms with E-state index in [0.717, 1.165) is 5.56 Å². The van der Waals surface area contributed by atoms with Crippen molar-refractivity contribution in [1.29, 1.82) is 0 Å². The first-order valence-electron chi connectivity index (χ1n) is 7.06. The van der Waals surface area contributed by atoms with Gasteiger partial charge in [0.2, 0.25) is 0 Å². The van der Waals surface area contributed by atoms with E-state index in [1.807, 2.05) is 0 Å². The van der Waals surface area contributed by atoms with Crippen LogP contribution in [0, 0.1) is 10.1 Å². The molecule has 0 radical (unpaired) electrons. The summed E-state index contributed by atoms with van der Waals surface area (Å²) in [5.74, 6) is -1.76. The van der Waals surface area contributed by atoms with E-state index in [0.29, 0.717) is 10.6 Å². The standard InChI is InChI=1S/C16H13ClN4O4/c17-13-5-1-11(2-6-13)9-18-15(22)16(23)20-19-10-12-3-7-14(8-4-12)21(24)25/h1-8,10H,9H2,(H,18,22)(H,20,23)/b19-10-. The Morgan fingerprint density at radius 2 is 1.72 bits per heavy atom. The van der Waals surface area contributed by atoms with Crippen LogP contribution in [-0.2, 0) is 16.1 Å². The largest absolute Gasteiger partial charge is 0.344 e. The van der Waals surface area contributed by atoms with Gasteiger partial charge in [0.05, 0.1) is 11.1 Å². The maximum atomic E-state index is 11.6. The molecule has 2 aromatic carbocycles. The summed E-state index contributed by atoms with van der Waals surface area (Å²) in [6.07, 6.45) is 1.27. The number of carbonyl (C=O) groups is 2. The average molecular weight is 361 g/mol. The number of benzene rings is 2. The van der Waals surface area contributed by atoms with Crippen LogP contribution in [0.4, 0.5) is 5.69 Å². The molecule has 0 aromatic heterocycles. The summed E-state index contributed by atoms with van der Waals surface area (Å²) in [5, 5.41) is 17.2. The SMILES string of the molecule is O=C(NCc1ccc(Cl)cc1)C(=O)N/N=C\c1ccc([N+](=O)[O-])cc1. The third-order valence-corrected chi connectivity index (χ3v) is 3.31. The van der Waals surface area contributed by atoms with Gasteiger partial charge in [0.15, 0.2) is 0 Å². The van der Waals surface area contributed by atoms with E-state index < -0.39 is 16.7 Å². The molecule has 0 atom stereocenters. The van der Waals surface area contributed by atoms with E-state index in [1.54, 1.807) is 24.3 Å². The summed E-state index contributed by atoms with van der Waals surface area (Å²) in [7, 11) is 0. The van der Waals surface area contributed by atoms with Gasteiger partial charge >= 0.3 is 11.8 Å². The Kier molecular flexibility index (Phi) is 6.19. The summed E-state index contributed by atoms with van der Waals surface area (Å²) in [5.41, 5.74) is 3.35. The predicted octanol–water partition coefficient (Wildman–Crippen LogP) is 2.01. The monoisotopic (exact) mass is 360 g/mol. The molecule has 0 aliphatic carbocycles. The molecule has 2 aromatic rings. The zero-order valence-corrected chi connectivity index (χ0v) is 13.6. The van der Waals surface area contributed by atoms with Crippen molar-refractivity contribution in [2.75, 3.05) is 0 Å². The van der Waals surface area contributed by atoms with Crippen LogP contribution in [0.15, 0.2) is 53.6 Å². The molecule has 2 amide bonds. The van der Waals surface area contributed by atoms with Crippen molar-refractivity contribution in [3.05, 3.63) is 74.8 Å². The van der Waals surface area contributed by atoms with Gasteiger partial charge in [-0.25, -0.2) is 5.43 Å². The molecular weight excluding hydrogens is 348 g/mol. The fourth-order valence-corrected chi connectivity index (χ4v) is 1.89. The lowest BCUT2D eigenvalue weighted by Crippen LogP contribution is -2.37. The van der Waals surface area contributed by atoms with Crippen LogP contribution in [0.25, 0.3) is 0 Å². The van der Waals surface area contributed by atoms with Crippen molar-refractivity contribution in [2.24, 2.45) is 5.10 Å². The fourth-order valence-electron chi connectivity index (χ4n) is 1.76. The summed E-state index contributed by atoms with van der Waals surface area (Å²) in [4.78, 5) is 33.3. The highest BCUT2D eigenvalue weighted by Gasteiger charge is 2.11. The van der Waals surface area contributed by atoms with Crippen LogP contribution in [0.5, 0.6) is 0 Å². The highest BCUT2D eigenvalue weighted by atomic mass is 35.5. The number of non-ortho nitro benzene ring substituents is 1. The number of nitrogens with zero attached hydrogens (tertiary/aromatic N) is 2. The van der Waals surface area contributed by atoms with E-state index in [9.17, 15) is 19.7 Å². The first-order chi connectivity index (χ1) is 12.0. The summed E-state index contributed by atoms with van der Waals surface area (Å²) in [6.45, 7) is 0.176. The van der Waals surface area contributed by atoms with E-state index in [1.165, 1.54) is 30.5 Å². The van der Waals surface area contributed by atoms with E-state index in [2.05, 4.69) is 15.8 Å². The molecule has 2 N–H and O–H groups in total. The Morgan fingerprint density at radius 3 is 2.32 bits per heavy atom. The van der Waals surface area contributed by atoms with Crippen LogP contribution in [0.2, 0.25) is 5.02 Å². The molecule has 25 heavy (non-hydrogen) atoms. The molecule has 0 aliphatic rings. The topological polar surface area (TPSA) is 114 Å². The molecule has 0 spiro atoms. The number of halogens is 1. The predicted molar refractivity (Wildman–Crippen MR) is 92.1 cm³/mol. The molecule has 0 saturated heterocycles. The van der Waals surface area contributed by atoms with Crippen molar-refractivity contribution in [1.82, 2.24) is 10.7 Å². The van der Waals surface area contributed by atoms with Gasteiger partial charge in [0.1, 0.15) is 0 Å². The Balaban J connectivity index is 1.81. The van der Waals surface area contributed by atoms with Gasteiger partial charge < -0.3 is 5.32 Å². The Bertz CT molecular complexity index is 804. The lowest BCUT2D eigenvalue weighted by molar-refractivity contribution is -0.384. The van der Waals surface area contributed by atoms with Crippen LogP contribution >= 0.6 is 11.6 Å². The minimum absolute atomic E-state index is 0.0530. The number of hydrogen-bond acceptors (Lipinski definition) is 5. The van der Waals surface area contributed by atoms with Crippen LogP contribution in [-0.4, -0.2) is 23.0 Å². The van der Waals surface area contributed by atoms with Gasteiger partial charge in [-0.1, -0.05) is 23.7 Å². The Morgan fingerprint density at radius 1 is 1.08 bits per heavy atom. The highest BCUT2D eigenvalue weighted by Crippen LogP contribution is 2.10. The first-order valence-corrected chi connectivity index (χ1v) is 7.43. The van der Waals surface area contributed by atoms with Gasteiger partial charge in [-0.15, -0.1) is 0 Å². The van der Waals surface area contributed by atoms with Crippen LogP contribution in [0.3, 0.4) is 0 Å². The van der Waals surface area contributed by atoms with Crippen molar-refractivity contribution in [3.63, 3.8) is 0 Å². The molecule has 0 fully saturated rings. The summed E-state index contributed by atoms with van der Waals surface area (Å²) >= 11 is 5.76. The molecule has 128 valence electrons. The second kappa shape index (κ2) is 8.55. The van der Waals surface area contributed by atoms with E-state index in [4.69, 9.17) is 11.6 Å². The van der Waals surface area contributed by atoms with Gasteiger partial charge in [0, 0.05) is 23.7 Å². The number of nitro benzene ring substituents is 1. The van der Waals surface area contributed by atoms with E-state index in [-0.39, 0.29) is 12.2 Å². The first kappa shape index (κ1) is 18.1. The van der Waals surface area contributed by atoms with Gasteiger partial charge in [0.25, 0.3) is 5.69 Å². The van der Waals surface area contributed by atoms with Crippen molar-refractivity contribution in [2.45, 2.75) is 6.54 Å². The second-order valence-corrected chi connectivity index (χ2v) is 5.29. The zero-order chi connectivity index (χ0) is 18.2. The number of nitrogens with one attached hydrogen (secondary N) is 2. The quantitative estimate of drug-likeness (QED) is 0.367. The van der Waals surface area contributed by atoms with Crippen molar-refractivity contribution < 1.29 is 14.5 Å². The third kappa shape index (κ3) is 5.70. The number of rotatable bonds is 5. The average Bonchev–Trinajstić information content (AvgIpc) is 2.61. The van der Waals surface area contributed by atoms with Crippen molar-refractivity contribution >= 4 is 35.3 Å². The van der Waals surface area contributed by atoms with Gasteiger partial charge in [-0.2, -0.15) is 5.10 Å². The molecule has 9 heteroatoms. The maximum Gasteiger partial charge on any atom is 0.329 e. The number of nitro groups is 1. The van der Waals surface area contributed by atoms with Crippen molar-refractivity contribution in [3.8, 4) is 0 Å². The number of hydrogen-bond donors (Lipinski definition) is 2. The molecule has 0 heterocycles. The minimum atomic E-state index is -0.924. The molecule has 0 saturated carbocycles. The Labute approximate surface area is 147 Å². The maximum absolute atomic E-state index is 11.6. The Hall–Kier alpha value is -3.26. The molecule has 8 nitrogen and oxygen atoms in total. The lowest BCUT2D eigenvalue weighted by atomic mass is 10.2. The van der Waals surface area contributed by atoms with Crippen LogP contribution < -0.4 is 10.7 Å². The second-order valence-electron chi connectivity index (χ2n) is 4.86. The molecule has 0 unspecified atom stereocenters. The van der Waals surface area contributed by atoms with Gasteiger partial charge in [-0.05, 0) is 35.4 Å². The molecule has 2 rings (SSSR count). The fraction of sp³-hybridized carbons (Fsp3) is 0.0625. The lowest BCUT2D eigenvalue weighted by Gasteiger charge is -2.04. The van der Waals surface area contributed by atoms with E-state index >= 15 is 0 Å². The number of carbonyl (C=O) groups excluding carboxylic acids is 2.